The van der Waals surface area contributed by atoms with Gasteiger partial charge in [0, 0.05) is 17.6 Å². The molecule has 0 aliphatic rings. The summed E-state index contributed by atoms with van der Waals surface area (Å²) in [5.74, 6) is 0.634. The van der Waals surface area contributed by atoms with Gasteiger partial charge >= 0.3 is 0 Å². The molecule has 3 nitrogen and oxygen atoms in total. The van der Waals surface area contributed by atoms with Crippen molar-refractivity contribution in [2.45, 2.75) is 6.54 Å². The molecule has 2 aromatic carbocycles. The molecule has 0 saturated heterocycles. The number of rotatable bonds is 5. The summed E-state index contributed by atoms with van der Waals surface area (Å²) < 4.78 is 5.08. The Labute approximate surface area is 129 Å². The first kappa shape index (κ1) is 15.1. The molecule has 2 aromatic rings. The molecule has 1 amide bonds. The van der Waals surface area contributed by atoms with Crippen molar-refractivity contribution in [1.82, 2.24) is 5.32 Å². The average molecular weight is 302 g/mol. The summed E-state index contributed by atoms with van der Waals surface area (Å²) in [7, 11) is 1.62. The highest BCUT2D eigenvalue weighted by atomic mass is 35.5. The van der Waals surface area contributed by atoms with Crippen LogP contribution in [0.3, 0.4) is 0 Å². The molecule has 0 aromatic heterocycles. The maximum atomic E-state index is 11.8. The predicted octanol–water partition coefficient (Wildman–Crippen LogP) is 3.68. The van der Waals surface area contributed by atoms with Crippen LogP contribution in [0.25, 0.3) is 6.08 Å². The molecule has 4 heteroatoms. The van der Waals surface area contributed by atoms with Gasteiger partial charge < -0.3 is 10.1 Å². The molecule has 21 heavy (non-hydrogen) atoms. The third kappa shape index (κ3) is 4.65. The highest BCUT2D eigenvalue weighted by Gasteiger charge is 1.99. The fourth-order valence-corrected chi connectivity index (χ4v) is 1.97. The number of benzene rings is 2. The second-order valence-corrected chi connectivity index (χ2v) is 4.83. The number of ether oxygens (including phenoxy) is 1. The van der Waals surface area contributed by atoms with Crippen molar-refractivity contribution >= 4 is 23.6 Å². The molecule has 2 rings (SSSR count). The Morgan fingerprint density at radius 2 is 1.90 bits per heavy atom. The minimum Gasteiger partial charge on any atom is -0.497 e. The van der Waals surface area contributed by atoms with E-state index in [1.807, 2.05) is 42.5 Å². The monoisotopic (exact) mass is 301 g/mol. The van der Waals surface area contributed by atoms with E-state index in [4.69, 9.17) is 16.3 Å². The van der Waals surface area contributed by atoms with Crippen LogP contribution < -0.4 is 10.1 Å². The van der Waals surface area contributed by atoms with E-state index in [1.54, 1.807) is 19.3 Å². The van der Waals surface area contributed by atoms with Crippen LogP contribution in [-0.2, 0) is 11.3 Å². The fraction of sp³-hybridized carbons (Fsp3) is 0.118. The summed E-state index contributed by atoms with van der Waals surface area (Å²) in [6.45, 7) is 0.468. The van der Waals surface area contributed by atoms with Gasteiger partial charge in [0.2, 0.25) is 5.91 Å². The van der Waals surface area contributed by atoms with E-state index < -0.39 is 0 Å². The van der Waals surface area contributed by atoms with Crippen molar-refractivity contribution in [1.29, 1.82) is 0 Å². The molecule has 0 radical (unpaired) electrons. The largest absolute Gasteiger partial charge is 0.497 e. The minimum absolute atomic E-state index is 0.161. The molecule has 0 spiro atoms. The summed E-state index contributed by atoms with van der Waals surface area (Å²) in [5.41, 5.74) is 1.83. The van der Waals surface area contributed by atoms with E-state index in [2.05, 4.69) is 5.32 Å². The Morgan fingerprint density at radius 3 is 2.57 bits per heavy atom. The van der Waals surface area contributed by atoms with Crippen LogP contribution in [0.1, 0.15) is 11.1 Å². The first-order valence-electron chi connectivity index (χ1n) is 6.52. The molecular formula is C17H16ClNO2. The maximum Gasteiger partial charge on any atom is 0.244 e. The van der Waals surface area contributed by atoms with Crippen molar-refractivity contribution in [2.24, 2.45) is 0 Å². The van der Waals surface area contributed by atoms with E-state index in [0.717, 1.165) is 16.9 Å². The number of amides is 1. The lowest BCUT2D eigenvalue weighted by Crippen LogP contribution is -2.20. The van der Waals surface area contributed by atoms with Gasteiger partial charge in [0.25, 0.3) is 0 Å². The fourth-order valence-electron chi connectivity index (χ4n) is 1.77. The quantitative estimate of drug-likeness (QED) is 0.856. The van der Waals surface area contributed by atoms with Crippen molar-refractivity contribution in [2.75, 3.05) is 7.11 Å². The van der Waals surface area contributed by atoms with Crippen molar-refractivity contribution < 1.29 is 9.53 Å². The van der Waals surface area contributed by atoms with Crippen molar-refractivity contribution in [3.05, 3.63) is 70.8 Å². The first-order chi connectivity index (χ1) is 10.2. The van der Waals surface area contributed by atoms with Gasteiger partial charge in [-0.1, -0.05) is 41.9 Å². The lowest BCUT2D eigenvalue weighted by Gasteiger charge is -2.04. The normalized spacial score (nSPS) is 10.6. The van der Waals surface area contributed by atoms with E-state index in [1.165, 1.54) is 6.08 Å². The highest BCUT2D eigenvalue weighted by molar-refractivity contribution is 6.32. The Kier molecular flexibility index (Phi) is 5.41. The van der Waals surface area contributed by atoms with Gasteiger partial charge in [-0.25, -0.2) is 0 Å². The summed E-state index contributed by atoms with van der Waals surface area (Å²) >= 11 is 6.01. The molecule has 0 saturated carbocycles. The van der Waals surface area contributed by atoms with E-state index in [0.29, 0.717) is 11.6 Å². The SMILES string of the molecule is COc1ccc(CNC(=O)/C=C/c2ccccc2Cl)cc1. The number of hydrogen-bond acceptors (Lipinski definition) is 2. The minimum atomic E-state index is -0.161. The zero-order chi connectivity index (χ0) is 15.1. The zero-order valence-corrected chi connectivity index (χ0v) is 12.4. The lowest BCUT2D eigenvalue weighted by molar-refractivity contribution is -0.116. The number of methoxy groups -OCH3 is 1. The standard InChI is InChI=1S/C17H16ClNO2/c1-21-15-9-6-13(7-10-15)12-19-17(20)11-8-14-4-2-3-5-16(14)18/h2-11H,12H2,1H3,(H,19,20)/b11-8+. The van der Waals surface area contributed by atoms with Gasteiger partial charge in [0.1, 0.15) is 5.75 Å². The van der Waals surface area contributed by atoms with Gasteiger partial charge in [-0.05, 0) is 35.4 Å². The highest BCUT2D eigenvalue weighted by Crippen LogP contribution is 2.16. The van der Waals surface area contributed by atoms with Crippen LogP contribution in [0.2, 0.25) is 5.02 Å². The third-order valence-electron chi connectivity index (χ3n) is 2.95. The molecule has 0 unspecified atom stereocenters. The van der Waals surface area contributed by atoms with Gasteiger partial charge in [0.15, 0.2) is 0 Å². The predicted molar refractivity (Wildman–Crippen MR) is 85.3 cm³/mol. The Hall–Kier alpha value is -2.26. The number of hydrogen-bond donors (Lipinski definition) is 1. The van der Waals surface area contributed by atoms with Crippen LogP contribution in [0.5, 0.6) is 5.75 Å². The van der Waals surface area contributed by atoms with Gasteiger partial charge in [-0.2, -0.15) is 0 Å². The van der Waals surface area contributed by atoms with Crippen LogP contribution in [0, 0.1) is 0 Å². The van der Waals surface area contributed by atoms with Crippen molar-refractivity contribution in [3.8, 4) is 5.75 Å². The smallest absolute Gasteiger partial charge is 0.244 e. The molecular weight excluding hydrogens is 286 g/mol. The first-order valence-corrected chi connectivity index (χ1v) is 6.90. The summed E-state index contributed by atoms with van der Waals surface area (Å²) in [6.07, 6.45) is 3.18. The molecule has 0 aliphatic heterocycles. The molecule has 0 fully saturated rings. The average Bonchev–Trinajstić information content (AvgIpc) is 2.52. The topological polar surface area (TPSA) is 38.3 Å². The second kappa shape index (κ2) is 7.50. The van der Waals surface area contributed by atoms with Crippen molar-refractivity contribution in [3.63, 3.8) is 0 Å². The van der Waals surface area contributed by atoms with E-state index >= 15 is 0 Å². The second-order valence-electron chi connectivity index (χ2n) is 4.42. The third-order valence-corrected chi connectivity index (χ3v) is 3.29. The van der Waals surface area contributed by atoms with Gasteiger partial charge in [0.05, 0.1) is 7.11 Å². The summed E-state index contributed by atoms with van der Waals surface area (Å²) in [5, 5.41) is 3.44. The zero-order valence-electron chi connectivity index (χ0n) is 11.7. The van der Waals surface area contributed by atoms with Crippen LogP contribution in [0.15, 0.2) is 54.6 Å². The molecule has 108 valence electrons. The van der Waals surface area contributed by atoms with E-state index in [9.17, 15) is 4.79 Å². The molecule has 0 bridgehead atoms. The molecule has 0 atom stereocenters. The van der Waals surface area contributed by atoms with Crippen LogP contribution >= 0.6 is 11.6 Å². The summed E-state index contributed by atoms with van der Waals surface area (Å²) in [6, 6.07) is 14.9. The Balaban J connectivity index is 1.88. The number of halogens is 1. The van der Waals surface area contributed by atoms with Gasteiger partial charge in [-0.15, -0.1) is 0 Å². The molecule has 0 heterocycles. The number of carbonyl (C=O) groups excluding carboxylic acids is 1. The number of carbonyl (C=O) groups is 1. The summed E-state index contributed by atoms with van der Waals surface area (Å²) in [4.78, 5) is 11.8. The Morgan fingerprint density at radius 1 is 1.19 bits per heavy atom. The Bertz CT molecular complexity index is 635. The number of nitrogens with one attached hydrogen (secondary N) is 1. The lowest BCUT2D eigenvalue weighted by atomic mass is 10.2. The van der Waals surface area contributed by atoms with Gasteiger partial charge in [-0.3, -0.25) is 4.79 Å². The van der Waals surface area contributed by atoms with E-state index in [-0.39, 0.29) is 5.91 Å². The molecule has 0 aliphatic carbocycles. The molecule has 1 N–H and O–H groups in total. The van der Waals surface area contributed by atoms with Crippen LogP contribution in [0.4, 0.5) is 0 Å². The maximum absolute atomic E-state index is 11.8. The van der Waals surface area contributed by atoms with Crippen LogP contribution in [-0.4, -0.2) is 13.0 Å².